The van der Waals surface area contributed by atoms with Gasteiger partial charge < -0.3 is 31.8 Å². The molecule has 0 unspecified atom stereocenters. The van der Waals surface area contributed by atoms with Crippen LogP contribution in [-0.4, -0.2) is 84.3 Å². The maximum atomic E-state index is 13.1. The molecule has 2 aliphatic heterocycles. The number of oxime groups is 1. The van der Waals surface area contributed by atoms with Crippen molar-refractivity contribution in [1.82, 2.24) is 25.0 Å². The highest BCUT2D eigenvalue weighted by Crippen LogP contribution is 2.40. The number of pyridine rings is 1. The number of nitrogens with two attached hydrogens (primary N) is 2. The molecule has 0 aliphatic carbocycles. The number of aliphatic carboxylic acids is 1. The number of thiazole rings is 1. The number of thioether (sulfide) groups is 1. The molecule has 1 saturated heterocycles. The molecule has 15 nitrogen and oxygen atoms in total. The van der Waals surface area contributed by atoms with E-state index >= 15 is 0 Å². The fourth-order valence-electron chi connectivity index (χ4n) is 4.54. The number of nitrogen functional groups attached to an aromatic ring is 2. The number of hydrogen-bond donors (Lipinski definition) is 5. The Balaban J connectivity index is 1.34. The van der Waals surface area contributed by atoms with Crippen LogP contribution in [0.2, 0.25) is 0 Å². The second-order valence-electron chi connectivity index (χ2n) is 8.98. The normalized spacial score (nSPS) is 18.6. The standard InChI is InChI=1S/C24H25N9O6S2/c1-39-30-17(15-11-41-24(26)27-15)20(35)28-18-21(36)33-19(23(37)38)13(10-40-22(18)33)9-31-4-2-3-12(8-31)14-7-16(25)32(29-14)5-6-34/h2-4,7-8,11,18,22,34H,5-6,9-10H2,1H3,(H5-,25,26,27,28,29,35,37,38)/p+1/b30-17+/t18-,22-/m1/s1. The van der Waals surface area contributed by atoms with Gasteiger partial charge in [-0.2, -0.15) is 5.10 Å². The maximum Gasteiger partial charge on any atom is 0.352 e. The second-order valence-corrected chi connectivity index (χ2v) is 11.0. The average molecular weight is 601 g/mol. The van der Waals surface area contributed by atoms with Crippen LogP contribution < -0.4 is 21.4 Å². The number of anilines is 2. The van der Waals surface area contributed by atoms with E-state index in [0.717, 1.165) is 16.9 Å². The minimum absolute atomic E-state index is 0.104. The fourth-order valence-corrected chi connectivity index (χ4v) is 6.43. The van der Waals surface area contributed by atoms with Gasteiger partial charge in [-0.25, -0.2) is 19.0 Å². The van der Waals surface area contributed by atoms with Crippen LogP contribution in [0.1, 0.15) is 5.69 Å². The first-order chi connectivity index (χ1) is 19.7. The lowest BCUT2D eigenvalue weighted by atomic mass is 10.0. The second kappa shape index (κ2) is 11.6. The van der Waals surface area contributed by atoms with Crippen LogP contribution in [0, 0.1) is 0 Å². The van der Waals surface area contributed by atoms with Crippen LogP contribution in [0.15, 0.2) is 52.4 Å². The third-order valence-corrected chi connectivity index (χ3v) is 8.36. The number of aromatic nitrogens is 4. The molecule has 5 heterocycles. The predicted molar refractivity (Wildman–Crippen MR) is 149 cm³/mol. The molecule has 0 radical (unpaired) electrons. The number of aliphatic hydroxyl groups excluding tert-OH is 1. The summed E-state index contributed by atoms with van der Waals surface area (Å²) in [6, 6.07) is 4.37. The van der Waals surface area contributed by atoms with Crippen LogP contribution in [0.3, 0.4) is 0 Å². The number of carbonyl (C=O) groups excluding carboxylic acids is 2. The lowest BCUT2D eigenvalue weighted by Gasteiger charge is -2.49. The van der Waals surface area contributed by atoms with Crippen molar-refractivity contribution in [3.63, 3.8) is 0 Å². The van der Waals surface area contributed by atoms with E-state index in [0.29, 0.717) is 22.8 Å². The Hall–Kier alpha value is -4.48. The first-order valence-electron chi connectivity index (χ1n) is 12.2. The van der Waals surface area contributed by atoms with Gasteiger partial charge in [-0.1, -0.05) is 5.16 Å². The molecule has 2 amide bonds. The highest BCUT2D eigenvalue weighted by atomic mass is 32.2. The molecule has 7 N–H and O–H groups in total. The van der Waals surface area contributed by atoms with Gasteiger partial charge in [-0.05, 0) is 6.07 Å². The van der Waals surface area contributed by atoms with Crippen LogP contribution in [0.4, 0.5) is 10.9 Å². The molecule has 1 fully saturated rings. The number of carboxylic acid groups (broad SMARTS) is 1. The zero-order valence-corrected chi connectivity index (χ0v) is 23.3. The highest BCUT2D eigenvalue weighted by molar-refractivity contribution is 8.00. The first-order valence-corrected chi connectivity index (χ1v) is 14.1. The average Bonchev–Trinajstić information content (AvgIpc) is 3.55. The predicted octanol–water partition coefficient (Wildman–Crippen LogP) is -0.760. The van der Waals surface area contributed by atoms with Crippen molar-refractivity contribution >= 4 is 57.5 Å². The van der Waals surface area contributed by atoms with Gasteiger partial charge in [0.2, 0.25) is 0 Å². The van der Waals surface area contributed by atoms with E-state index in [4.69, 9.17) is 16.3 Å². The topological polar surface area (TPSA) is 215 Å². The summed E-state index contributed by atoms with van der Waals surface area (Å²) in [5.74, 6) is -1.76. The minimum atomic E-state index is -1.24. The van der Waals surface area contributed by atoms with E-state index in [2.05, 4.69) is 20.6 Å². The summed E-state index contributed by atoms with van der Waals surface area (Å²) in [7, 11) is 1.27. The summed E-state index contributed by atoms with van der Waals surface area (Å²) >= 11 is 2.47. The summed E-state index contributed by atoms with van der Waals surface area (Å²) in [4.78, 5) is 48.4. The maximum absolute atomic E-state index is 13.1. The largest absolute Gasteiger partial charge is 0.477 e. The summed E-state index contributed by atoms with van der Waals surface area (Å²) in [5.41, 5.74) is 13.4. The van der Waals surface area contributed by atoms with Crippen molar-refractivity contribution in [2.75, 3.05) is 30.9 Å². The number of hydrogen-bond acceptors (Lipinski definition) is 12. The number of β-lactam (4-membered cyclic amide) rings is 1. The SMILES string of the molecule is CO/N=C(/C(=O)N[C@@H]1C(=O)N2C(C(=O)O)=C(C[n+]3cccc(-c4cc(N)n(CCO)n4)c3)CS[C@H]12)c1csc(N)n1. The molecule has 5 rings (SSSR count). The van der Waals surface area contributed by atoms with E-state index in [9.17, 15) is 24.6 Å². The number of carbonyl (C=O) groups is 3. The number of rotatable bonds is 10. The highest BCUT2D eigenvalue weighted by Gasteiger charge is 2.54. The Kier molecular flexibility index (Phi) is 7.91. The molecule has 2 atom stereocenters. The smallest absolute Gasteiger partial charge is 0.352 e. The number of amides is 2. The minimum Gasteiger partial charge on any atom is -0.477 e. The van der Waals surface area contributed by atoms with Crippen molar-refractivity contribution in [2.24, 2.45) is 5.16 Å². The molecular weight excluding hydrogens is 574 g/mol. The molecule has 41 heavy (non-hydrogen) atoms. The lowest BCUT2D eigenvalue weighted by Crippen LogP contribution is -2.71. The molecule has 2 aliphatic rings. The summed E-state index contributed by atoms with van der Waals surface area (Å²) in [6.07, 6.45) is 3.58. The number of carboxylic acids is 1. The summed E-state index contributed by atoms with van der Waals surface area (Å²) < 4.78 is 3.29. The zero-order chi connectivity index (χ0) is 29.3. The summed E-state index contributed by atoms with van der Waals surface area (Å²) in [5, 5.41) is 31.2. The Labute approximate surface area is 241 Å². The van der Waals surface area contributed by atoms with Gasteiger partial charge in [0.15, 0.2) is 29.8 Å². The molecule has 214 valence electrons. The van der Waals surface area contributed by atoms with Crippen LogP contribution in [0.5, 0.6) is 0 Å². The number of nitrogens with one attached hydrogen (secondary N) is 1. The van der Waals surface area contributed by atoms with Crippen LogP contribution in [-0.2, 0) is 32.3 Å². The third-order valence-electron chi connectivity index (χ3n) is 6.35. The fraction of sp³-hybridized carbons (Fsp3) is 0.292. The first kappa shape index (κ1) is 28.1. The molecule has 0 spiro atoms. The Morgan fingerprint density at radius 2 is 2.17 bits per heavy atom. The van der Waals surface area contributed by atoms with Gasteiger partial charge >= 0.3 is 5.97 Å². The molecular formula is C24H26N9O6S2+. The van der Waals surface area contributed by atoms with Crippen LogP contribution in [0.25, 0.3) is 11.3 Å². The number of fused-ring (bicyclic) bond motifs is 1. The Morgan fingerprint density at radius 3 is 2.85 bits per heavy atom. The van der Waals surface area contributed by atoms with Gasteiger partial charge in [0.1, 0.15) is 41.4 Å². The van der Waals surface area contributed by atoms with Crippen molar-refractivity contribution in [3.05, 3.63) is 52.9 Å². The lowest BCUT2D eigenvalue weighted by molar-refractivity contribution is -0.688. The molecule has 17 heteroatoms. The Bertz CT molecular complexity index is 1580. The number of nitrogens with zero attached hydrogens (tertiary/aromatic N) is 6. The van der Waals surface area contributed by atoms with Crippen molar-refractivity contribution in [3.8, 4) is 11.3 Å². The van der Waals surface area contributed by atoms with Gasteiger partial charge in [0.05, 0.1) is 18.7 Å². The van der Waals surface area contributed by atoms with E-state index in [-0.39, 0.29) is 41.9 Å². The third kappa shape index (κ3) is 5.46. The van der Waals surface area contributed by atoms with E-state index < -0.39 is 29.2 Å². The molecule has 3 aromatic heterocycles. The Morgan fingerprint density at radius 1 is 1.37 bits per heavy atom. The molecule has 3 aromatic rings. The quantitative estimate of drug-likeness (QED) is 0.0844. The summed E-state index contributed by atoms with van der Waals surface area (Å²) in [6.45, 7) is 0.365. The van der Waals surface area contributed by atoms with Crippen LogP contribution >= 0.6 is 23.1 Å². The molecule has 0 bridgehead atoms. The van der Waals surface area contributed by atoms with Crippen molar-refractivity contribution < 1.29 is 34.0 Å². The van der Waals surface area contributed by atoms with Crippen molar-refractivity contribution in [2.45, 2.75) is 24.5 Å². The van der Waals surface area contributed by atoms with E-state index in [1.807, 2.05) is 6.07 Å². The van der Waals surface area contributed by atoms with Gasteiger partial charge in [0, 0.05) is 28.8 Å². The monoisotopic (exact) mass is 600 g/mol. The zero-order valence-electron chi connectivity index (χ0n) is 21.6. The molecule has 0 saturated carbocycles. The number of aliphatic hydroxyl groups is 1. The molecule has 0 aromatic carbocycles. The van der Waals surface area contributed by atoms with Gasteiger partial charge in [0.25, 0.3) is 11.8 Å². The van der Waals surface area contributed by atoms with E-state index in [1.54, 1.807) is 29.1 Å². The van der Waals surface area contributed by atoms with Crippen molar-refractivity contribution in [1.29, 1.82) is 0 Å². The van der Waals surface area contributed by atoms with Gasteiger partial charge in [-0.3, -0.25) is 14.5 Å². The van der Waals surface area contributed by atoms with E-state index in [1.165, 1.54) is 33.8 Å². The van der Waals surface area contributed by atoms with Gasteiger partial charge in [-0.15, -0.1) is 23.1 Å².